The van der Waals surface area contributed by atoms with Gasteiger partial charge in [-0.3, -0.25) is 4.79 Å². The van der Waals surface area contributed by atoms with Gasteiger partial charge >= 0.3 is 0 Å². The van der Waals surface area contributed by atoms with Crippen LogP contribution in [-0.2, 0) is 14.8 Å². The van der Waals surface area contributed by atoms with Gasteiger partial charge in [-0.25, -0.2) is 13.4 Å². The molecule has 2 aromatic rings. The van der Waals surface area contributed by atoms with Crippen molar-refractivity contribution in [3.63, 3.8) is 0 Å². The molecule has 3 rings (SSSR count). The van der Waals surface area contributed by atoms with Gasteiger partial charge < -0.3 is 4.90 Å². The Morgan fingerprint density at radius 2 is 1.82 bits per heavy atom. The lowest BCUT2D eigenvalue weighted by molar-refractivity contribution is -0.123. The van der Waals surface area contributed by atoms with Gasteiger partial charge in [-0.05, 0) is 42.8 Å². The van der Waals surface area contributed by atoms with Crippen LogP contribution < -0.4 is 9.73 Å². The highest BCUT2D eigenvalue weighted by molar-refractivity contribution is 8.26. The number of nitrogens with zero attached hydrogens (tertiary/aromatic N) is 2. The van der Waals surface area contributed by atoms with Gasteiger partial charge in [0.25, 0.3) is 15.9 Å². The van der Waals surface area contributed by atoms with Crippen molar-refractivity contribution in [3.05, 3.63) is 64.6 Å². The number of thioether (sulfide) groups is 1. The second kappa shape index (κ2) is 8.04. The van der Waals surface area contributed by atoms with E-state index in [1.54, 1.807) is 18.2 Å². The minimum Gasteiger partial charge on any atom is -0.378 e. The summed E-state index contributed by atoms with van der Waals surface area (Å²) in [5.41, 5.74) is 2.75. The quantitative estimate of drug-likeness (QED) is 0.577. The molecule has 146 valence electrons. The number of thiocarbonyl (C=S) groups is 1. The van der Waals surface area contributed by atoms with E-state index in [2.05, 4.69) is 4.83 Å². The van der Waals surface area contributed by atoms with E-state index in [9.17, 15) is 13.2 Å². The zero-order chi connectivity index (χ0) is 20.5. The first-order valence-corrected chi connectivity index (χ1v) is 11.0. The van der Waals surface area contributed by atoms with E-state index in [-0.39, 0.29) is 9.22 Å². The Labute approximate surface area is 174 Å². The zero-order valence-electron chi connectivity index (χ0n) is 15.5. The highest BCUT2D eigenvalue weighted by Gasteiger charge is 2.35. The summed E-state index contributed by atoms with van der Waals surface area (Å²) in [6.45, 7) is 1.86. The van der Waals surface area contributed by atoms with Crippen molar-refractivity contribution in [1.29, 1.82) is 0 Å². The number of carbonyl (C=O) groups is 1. The summed E-state index contributed by atoms with van der Waals surface area (Å²) in [5.74, 6) is -0.499. The monoisotopic (exact) mass is 433 g/mol. The SMILES string of the molecule is Cc1ccc(S(=O)(=O)NN2C(=O)/C(=C/c3cccc(N(C)C)c3)SC2=S)cc1. The fraction of sp³-hybridized carbons (Fsp3) is 0.158. The number of sulfonamides is 1. The minimum atomic E-state index is -3.92. The molecule has 0 atom stereocenters. The lowest BCUT2D eigenvalue weighted by atomic mass is 10.2. The predicted molar refractivity (Wildman–Crippen MR) is 117 cm³/mol. The van der Waals surface area contributed by atoms with Gasteiger partial charge in [0.1, 0.15) is 0 Å². The van der Waals surface area contributed by atoms with Crippen LogP contribution >= 0.6 is 24.0 Å². The van der Waals surface area contributed by atoms with Crippen LogP contribution in [0.25, 0.3) is 6.08 Å². The maximum Gasteiger partial charge on any atom is 0.281 e. The van der Waals surface area contributed by atoms with E-state index >= 15 is 0 Å². The normalized spacial score (nSPS) is 16.1. The molecule has 2 aromatic carbocycles. The summed E-state index contributed by atoms with van der Waals surface area (Å²) < 4.78 is 25.3. The molecule has 1 aliphatic heterocycles. The third kappa shape index (κ3) is 4.44. The number of amides is 1. The van der Waals surface area contributed by atoms with Gasteiger partial charge in [-0.2, -0.15) is 0 Å². The molecule has 0 aliphatic carbocycles. The van der Waals surface area contributed by atoms with Crippen molar-refractivity contribution >= 4 is 56.0 Å². The Kier molecular flexibility index (Phi) is 5.90. The Morgan fingerprint density at radius 1 is 1.14 bits per heavy atom. The second-order valence-electron chi connectivity index (χ2n) is 6.41. The fourth-order valence-corrected chi connectivity index (χ4v) is 4.79. The second-order valence-corrected chi connectivity index (χ2v) is 9.75. The average Bonchev–Trinajstić information content (AvgIpc) is 2.89. The Bertz CT molecular complexity index is 1060. The molecular formula is C19H19N3O3S3. The van der Waals surface area contributed by atoms with Gasteiger partial charge in [-0.1, -0.05) is 53.8 Å². The number of anilines is 1. The fourth-order valence-electron chi connectivity index (χ4n) is 2.48. The standard InChI is InChI=1S/C19H19N3O3S3/c1-13-7-9-16(10-8-13)28(24,25)20-22-18(23)17(27-19(22)26)12-14-5-4-6-15(11-14)21(2)3/h4-12,20H,1-3H3/b17-12-. The topological polar surface area (TPSA) is 69.7 Å². The number of rotatable bonds is 5. The van der Waals surface area contributed by atoms with Gasteiger partial charge in [0.2, 0.25) is 0 Å². The summed E-state index contributed by atoms with van der Waals surface area (Å²) in [6.07, 6.45) is 1.70. The van der Waals surface area contributed by atoms with Crippen LogP contribution in [0.5, 0.6) is 0 Å². The molecule has 9 heteroatoms. The number of hydrazine groups is 1. The molecule has 1 saturated heterocycles. The predicted octanol–water partition coefficient (Wildman–Crippen LogP) is 3.16. The van der Waals surface area contributed by atoms with Gasteiger partial charge in [0, 0.05) is 19.8 Å². The number of carbonyl (C=O) groups excluding carboxylic acids is 1. The summed E-state index contributed by atoms with van der Waals surface area (Å²) in [6, 6.07) is 14.0. The maximum absolute atomic E-state index is 12.7. The highest BCUT2D eigenvalue weighted by Crippen LogP contribution is 2.32. The minimum absolute atomic E-state index is 0.0646. The molecule has 0 radical (unpaired) electrons. The summed E-state index contributed by atoms with van der Waals surface area (Å²) in [7, 11) is -0.0621. The first kappa shape index (κ1) is 20.5. The van der Waals surface area contributed by atoms with Crippen molar-refractivity contribution in [2.24, 2.45) is 0 Å². The van der Waals surface area contributed by atoms with E-state index in [0.29, 0.717) is 4.91 Å². The van der Waals surface area contributed by atoms with Crippen molar-refractivity contribution in [2.45, 2.75) is 11.8 Å². The molecule has 0 spiro atoms. The zero-order valence-corrected chi connectivity index (χ0v) is 18.0. The third-order valence-electron chi connectivity index (χ3n) is 4.02. The molecule has 1 amide bonds. The smallest absolute Gasteiger partial charge is 0.281 e. The number of nitrogens with one attached hydrogen (secondary N) is 1. The Balaban J connectivity index is 1.84. The lowest BCUT2D eigenvalue weighted by Gasteiger charge is -2.16. The molecule has 6 nitrogen and oxygen atoms in total. The maximum atomic E-state index is 12.7. The van der Waals surface area contributed by atoms with E-state index in [1.807, 2.05) is 50.2 Å². The molecular weight excluding hydrogens is 414 g/mol. The van der Waals surface area contributed by atoms with Crippen LogP contribution in [0.1, 0.15) is 11.1 Å². The molecule has 0 unspecified atom stereocenters. The summed E-state index contributed by atoms with van der Waals surface area (Å²) >= 11 is 6.27. The van der Waals surface area contributed by atoms with Gasteiger partial charge in [-0.15, -0.1) is 4.83 Å². The average molecular weight is 434 g/mol. The van der Waals surface area contributed by atoms with E-state index in [4.69, 9.17) is 12.2 Å². The van der Waals surface area contributed by atoms with Crippen molar-refractivity contribution < 1.29 is 13.2 Å². The van der Waals surface area contributed by atoms with Crippen LogP contribution in [-0.4, -0.2) is 37.7 Å². The highest BCUT2D eigenvalue weighted by atomic mass is 32.2. The molecule has 1 N–H and O–H groups in total. The molecule has 1 aliphatic rings. The number of hydrogen-bond acceptors (Lipinski definition) is 6. The summed E-state index contributed by atoms with van der Waals surface area (Å²) in [4.78, 5) is 17.4. The van der Waals surface area contributed by atoms with E-state index < -0.39 is 15.9 Å². The Morgan fingerprint density at radius 3 is 2.46 bits per heavy atom. The number of benzene rings is 2. The van der Waals surface area contributed by atoms with Crippen LogP contribution in [0.3, 0.4) is 0 Å². The van der Waals surface area contributed by atoms with Crippen LogP contribution in [0.4, 0.5) is 5.69 Å². The van der Waals surface area contributed by atoms with Crippen LogP contribution in [0, 0.1) is 6.92 Å². The molecule has 1 heterocycles. The summed E-state index contributed by atoms with van der Waals surface area (Å²) in [5, 5.41) is 0.900. The van der Waals surface area contributed by atoms with E-state index in [0.717, 1.165) is 33.6 Å². The third-order valence-corrected chi connectivity index (χ3v) is 6.64. The Hall–Kier alpha value is -2.20. The lowest BCUT2D eigenvalue weighted by Crippen LogP contribution is -2.44. The number of hydrogen-bond donors (Lipinski definition) is 1. The van der Waals surface area contributed by atoms with Crippen molar-refractivity contribution in [2.75, 3.05) is 19.0 Å². The van der Waals surface area contributed by atoms with E-state index in [1.165, 1.54) is 12.1 Å². The number of aryl methyl sites for hydroxylation is 1. The molecule has 0 bridgehead atoms. The van der Waals surface area contributed by atoms with Crippen LogP contribution in [0.15, 0.2) is 58.3 Å². The van der Waals surface area contributed by atoms with Gasteiger partial charge in [0.15, 0.2) is 4.32 Å². The van der Waals surface area contributed by atoms with Crippen LogP contribution in [0.2, 0.25) is 0 Å². The first-order valence-electron chi connectivity index (χ1n) is 8.32. The molecule has 28 heavy (non-hydrogen) atoms. The molecule has 0 saturated carbocycles. The molecule has 1 fully saturated rings. The largest absolute Gasteiger partial charge is 0.378 e. The first-order chi connectivity index (χ1) is 13.2. The van der Waals surface area contributed by atoms with Gasteiger partial charge in [0.05, 0.1) is 9.80 Å². The van der Waals surface area contributed by atoms with Crippen molar-refractivity contribution in [3.8, 4) is 0 Å². The van der Waals surface area contributed by atoms with Crippen molar-refractivity contribution in [1.82, 2.24) is 9.84 Å². The molecule has 0 aromatic heterocycles.